The van der Waals surface area contributed by atoms with Gasteiger partial charge in [-0.3, -0.25) is 19.3 Å². The van der Waals surface area contributed by atoms with Crippen LogP contribution in [0.4, 0.5) is 11.4 Å². The van der Waals surface area contributed by atoms with E-state index in [1.807, 2.05) is 12.1 Å². The summed E-state index contributed by atoms with van der Waals surface area (Å²) in [5.74, 6) is -0.218. The van der Waals surface area contributed by atoms with E-state index < -0.39 is 0 Å². The lowest BCUT2D eigenvalue weighted by Crippen LogP contribution is -2.43. The van der Waals surface area contributed by atoms with Gasteiger partial charge in [0.1, 0.15) is 12.3 Å². The summed E-state index contributed by atoms with van der Waals surface area (Å²) in [5.41, 5.74) is 1.56. The third-order valence-electron chi connectivity index (χ3n) is 3.97. The van der Waals surface area contributed by atoms with Gasteiger partial charge in [0.05, 0.1) is 5.69 Å². The molecule has 0 atom stereocenters. The van der Waals surface area contributed by atoms with Gasteiger partial charge in [-0.1, -0.05) is 22.9 Å². The van der Waals surface area contributed by atoms with Crippen LogP contribution in [0.15, 0.2) is 46.9 Å². The molecule has 0 radical (unpaired) electrons. The molecule has 0 fully saturated rings. The number of amides is 2. The van der Waals surface area contributed by atoms with Crippen LogP contribution in [0.1, 0.15) is 23.7 Å². The topological polar surface area (TPSA) is 75.7 Å². The van der Waals surface area contributed by atoms with E-state index >= 15 is 0 Å². The summed E-state index contributed by atoms with van der Waals surface area (Å²) in [6, 6.07) is 12.1. The van der Waals surface area contributed by atoms with Gasteiger partial charge < -0.3 is 10.1 Å². The third kappa shape index (κ3) is 3.94. The van der Waals surface area contributed by atoms with Gasteiger partial charge in [0.2, 0.25) is 5.91 Å². The first-order chi connectivity index (χ1) is 12.5. The second-order valence-electron chi connectivity index (χ2n) is 5.78. The molecular weight excluding hydrogens is 400 g/mol. The minimum Gasteiger partial charge on any atom is -0.482 e. The normalized spacial score (nSPS) is 13.0. The molecule has 0 aliphatic carbocycles. The van der Waals surface area contributed by atoms with Crippen molar-refractivity contribution >= 4 is 44.9 Å². The standard InChI is InChI=1S/C19H17BrN2O4/c1-2-16(23)12-3-8-17-15(9-12)22(19(25)11-26-17)10-18(24)21-14-6-4-13(20)5-7-14/h3-9H,2,10-11H2,1H3,(H,21,24). The SMILES string of the molecule is CCC(=O)c1ccc2c(c1)N(CC(=O)Nc1ccc(Br)cc1)C(=O)CO2. The third-order valence-corrected chi connectivity index (χ3v) is 4.50. The number of hydrogen-bond acceptors (Lipinski definition) is 4. The molecule has 0 spiro atoms. The van der Waals surface area contributed by atoms with Crippen LogP contribution in [0.2, 0.25) is 0 Å². The Morgan fingerprint density at radius 2 is 1.92 bits per heavy atom. The van der Waals surface area contributed by atoms with Crippen LogP contribution in [0.3, 0.4) is 0 Å². The van der Waals surface area contributed by atoms with Gasteiger partial charge >= 0.3 is 0 Å². The van der Waals surface area contributed by atoms with Crippen molar-refractivity contribution in [3.63, 3.8) is 0 Å². The highest BCUT2D eigenvalue weighted by Gasteiger charge is 2.28. The summed E-state index contributed by atoms with van der Waals surface area (Å²) in [4.78, 5) is 37.9. The van der Waals surface area contributed by atoms with Crippen LogP contribution in [-0.4, -0.2) is 30.7 Å². The first-order valence-electron chi connectivity index (χ1n) is 8.13. The molecule has 2 amide bonds. The van der Waals surface area contributed by atoms with Gasteiger partial charge in [-0.25, -0.2) is 0 Å². The van der Waals surface area contributed by atoms with E-state index in [9.17, 15) is 14.4 Å². The van der Waals surface area contributed by atoms with Crippen LogP contribution in [0, 0.1) is 0 Å². The van der Waals surface area contributed by atoms with Crippen molar-refractivity contribution in [2.24, 2.45) is 0 Å². The monoisotopic (exact) mass is 416 g/mol. The molecule has 1 heterocycles. The summed E-state index contributed by atoms with van der Waals surface area (Å²) in [6.07, 6.45) is 0.359. The Kier molecular flexibility index (Phi) is 5.37. The van der Waals surface area contributed by atoms with Crippen molar-refractivity contribution in [3.05, 3.63) is 52.5 Å². The second-order valence-corrected chi connectivity index (χ2v) is 6.70. The Bertz CT molecular complexity index is 864. The maximum absolute atomic E-state index is 12.4. The quantitative estimate of drug-likeness (QED) is 0.757. The van der Waals surface area contributed by atoms with E-state index in [4.69, 9.17) is 4.74 Å². The van der Waals surface area contributed by atoms with E-state index in [-0.39, 0.29) is 30.7 Å². The van der Waals surface area contributed by atoms with Crippen LogP contribution in [0.5, 0.6) is 5.75 Å². The fraction of sp³-hybridized carbons (Fsp3) is 0.211. The molecule has 0 unspecified atom stereocenters. The first kappa shape index (κ1) is 18.1. The number of nitrogens with one attached hydrogen (secondary N) is 1. The molecule has 2 aromatic rings. The number of ether oxygens (including phenoxy) is 1. The van der Waals surface area contributed by atoms with Gasteiger partial charge in [0.15, 0.2) is 12.4 Å². The average molecular weight is 417 g/mol. The van der Waals surface area contributed by atoms with Crippen LogP contribution < -0.4 is 15.0 Å². The molecule has 3 rings (SSSR count). The highest BCUT2D eigenvalue weighted by Crippen LogP contribution is 2.33. The van der Waals surface area contributed by atoms with E-state index in [2.05, 4.69) is 21.2 Å². The summed E-state index contributed by atoms with van der Waals surface area (Å²) in [5, 5.41) is 2.75. The van der Waals surface area contributed by atoms with Crippen LogP contribution in [0.25, 0.3) is 0 Å². The minimum atomic E-state index is -0.333. The number of carbonyl (C=O) groups excluding carboxylic acids is 3. The molecule has 134 valence electrons. The Balaban J connectivity index is 1.81. The maximum atomic E-state index is 12.4. The zero-order chi connectivity index (χ0) is 18.7. The minimum absolute atomic E-state index is 0.0370. The Morgan fingerprint density at radius 1 is 1.19 bits per heavy atom. The number of hydrogen-bond donors (Lipinski definition) is 1. The molecule has 1 aliphatic heterocycles. The van der Waals surface area contributed by atoms with Gasteiger partial charge in [-0.05, 0) is 42.5 Å². The lowest BCUT2D eigenvalue weighted by Gasteiger charge is -2.29. The molecule has 0 bridgehead atoms. The van der Waals surface area contributed by atoms with E-state index in [1.54, 1.807) is 37.3 Å². The molecule has 1 N–H and O–H groups in total. The molecule has 7 heteroatoms. The van der Waals surface area contributed by atoms with Crippen molar-refractivity contribution in [3.8, 4) is 5.75 Å². The summed E-state index contributed by atoms with van der Waals surface area (Å²) in [7, 11) is 0. The van der Waals surface area contributed by atoms with Gasteiger partial charge in [-0.2, -0.15) is 0 Å². The number of carbonyl (C=O) groups is 3. The van der Waals surface area contributed by atoms with Crippen molar-refractivity contribution < 1.29 is 19.1 Å². The fourth-order valence-electron chi connectivity index (χ4n) is 2.63. The maximum Gasteiger partial charge on any atom is 0.265 e. The molecule has 26 heavy (non-hydrogen) atoms. The summed E-state index contributed by atoms with van der Waals surface area (Å²) >= 11 is 3.33. The van der Waals surface area contributed by atoms with Gasteiger partial charge in [0, 0.05) is 22.1 Å². The lowest BCUT2D eigenvalue weighted by atomic mass is 10.1. The molecule has 6 nitrogen and oxygen atoms in total. The van der Waals surface area contributed by atoms with Gasteiger partial charge in [0.25, 0.3) is 5.91 Å². The molecule has 0 aromatic heterocycles. The molecule has 0 saturated carbocycles. The number of anilines is 2. The van der Waals surface area contributed by atoms with E-state index in [0.29, 0.717) is 29.1 Å². The van der Waals surface area contributed by atoms with Gasteiger partial charge in [-0.15, -0.1) is 0 Å². The van der Waals surface area contributed by atoms with E-state index in [0.717, 1.165) is 4.47 Å². The Hall–Kier alpha value is -2.67. The molecule has 2 aromatic carbocycles. The number of halogens is 1. The summed E-state index contributed by atoms with van der Waals surface area (Å²) < 4.78 is 6.31. The smallest absolute Gasteiger partial charge is 0.265 e. The predicted octanol–water partition coefficient (Wildman–Crippen LogP) is 3.41. The predicted molar refractivity (Wildman–Crippen MR) is 102 cm³/mol. The number of nitrogens with zero attached hydrogens (tertiary/aromatic N) is 1. The lowest BCUT2D eigenvalue weighted by molar-refractivity contribution is -0.123. The molecule has 1 aliphatic rings. The van der Waals surface area contributed by atoms with Crippen LogP contribution >= 0.6 is 15.9 Å². The Morgan fingerprint density at radius 3 is 2.62 bits per heavy atom. The highest BCUT2D eigenvalue weighted by molar-refractivity contribution is 9.10. The number of Topliss-reactive ketones (excluding diaryl/α,β-unsaturated/α-hetero) is 1. The van der Waals surface area contributed by atoms with Crippen molar-refractivity contribution in [1.29, 1.82) is 0 Å². The largest absolute Gasteiger partial charge is 0.482 e. The average Bonchev–Trinajstić information content (AvgIpc) is 2.65. The molecule has 0 saturated heterocycles. The number of ketones is 1. The zero-order valence-corrected chi connectivity index (χ0v) is 15.7. The van der Waals surface area contributed by atoms with Crippen LogP contribution in [-0.2, 0) is 9.59 Å². The fourth-order valence-corrected chi connectivity index (χ4v) is 2.89. The highest BCUT2D eigenvalue weighted by atomic mass is 79.9. The molecular formula is C19H17BrN2O4. The summed E-state index contributed by atoms with van der Waals surface area (Å²) in [6.45, 7) is 1.47. The van der Waals surface area contributed by atoms with Crippen molar-refractivity contribution in [2.75, 3.05) is 23.4 Å². The number of fused-ring (bicyclic) bond motifs is 1. The number of rotatable bonds is 5. The van der Waals surface area contributed by atoms with E-state index in [1.165, 1.54) is 4.90 Å². The number of benzene rings is 2. The second kappa shape index (κ2) is 7.70. The Labute approximate surface area is 159 Å². The first-order valence-corrected chi connectivity index (χ1v) is 8.93. The van der Waals surface area contributed by atoms with Crippen molar-refractivity contribution in [1.82, 2.24) is 0 Å². The zero-order valence-electron chi connectivity index (χ0n) is 14.1. The van der Waals surface area contributed by atoms with Crippen molar-refractivity contribution in [2.45, 2.75) is 13.3 Å².